The van der Waals surface area contributed by atoms with Crippen LogP contribution in [0.2, 0.25) is 0 Å². The molecule has 2 aromatic heterocycles. The number of aromatic nitrogens is 4. The van der Waals surface area contributed by atoms with Crippen molar-refractivity contribution in [3.8, 4) is 17.2 Å². The topological polar surface area (TPSA) is 582 Å². The van der Waals surface area contributed by atoms with E-state index in [2.05, 4.69) is 31.3 Å². The fourth-order valence-electron chi connectivity index (χ4n) is 23.6. The van der Waals surface area contributed by atoms with E-state index in [1.807, 2.05) is 41.5 Å². The summed E-state index contributed by atoms with van der Waals surface area (Å²) < 4.78 is 109. The predicted molar refractivity (Wildman–Crippen MR) is 465 cm³/mol. The van der Waals surface area contributed by atoms with E-state index in [1.165, 1.54) is 49.3 Å². The molecule has 20 N–H and O–H groups in total. The molecule has 0 bridgehead atoms. The summed E-state index contributed by atoms with van der Waals surface area (Å²) in [7, 11) is 3.78. The summed E-state index contributed by atoms with van der Waals surface area (Å²) in [5, 5.41) is 129. The van der Waals surface area contributed by atoms with Crippen LogP contribution in [0.3, 0.4) is 0 Å². The molecule has 3 amide bonds. The fraction of sp³-hybridized carbons (Fsp3) is 0.624. The number of halogens is 6. The molecule has 6 saturated carbocycles. The van der Waals surface area contributed by atoms with Gasteiger partial charge in [-0.25, -0.2) is 18.6 Å². The number of carbonyl (C=O) groups excluding carboxylic acids is 8. The Hall–Kier alpha value is -9.73. The minimum atomic E-state index is -4.66. The van der Waals surface area contributed by atoms with Crippen LogP contribution in [0.25, 0.3) is 11.2 Å². The number of phenolic OH excluding ortho intramolecular Hbond substituents is 2. The molecule has 24 atom stereocenters. The van der Waals surface area contributed by atoms with Gasteiger partial charge in [-0.05, 0) is 138 Å². The van der Waals surface area contributed by atoms with Crippen LogP contribution in [0.15, 0.2) is 66.0 Å². The summed E-state index contributed by atoms with van der Waals surface area (Å²) in [5.41, 5.74) is 5.26. The number of carbonyl (C=O) groups is 8. The molecule has 2 saturated heterocycles. The van der Waals surface area contributed by atoms with Gasteiger partial charge in [0.25, 0.3) is 5.69 Å². The number of amides is 3. The smallest absolute Gasteiger partial charge is 0.423 e. The van der Waals surface area contributed by atoms with Crippen molar-refractivity contribution in [2.75, 3.05) is 52.1 Å². The molecular formula is C93H121F6N10O25+. The lowest BCUT2D eigenvalue weighted by Crippen LogP contribution is -2.68. The number of aromatic hydroxyl groups is 2. The number of aliphatic hydroxyl groups excluding tert-OH is 8. The van der Waals surface area contributed by atoms with Gasteiger partial charge in [0.1, 0.15) is 71.3 Å². The van der Waals surface area contributed by atoms with E-state index in [9.17, 15) is 117 Å². The van der Waals surface area contributed by atoms with Crippen LogP contribution in [-0.4, -0.2) is 251 Å². The number of nitroso groups, excluding NO2 is 1. The zero-order valence-corrected chi connectivity index (χ0v) is 76.5. The van der Waals surface area contributed by atoms with E-state index in [1.54, 1.807) is 32.9 Å². The third-order valence-electron chi connectivity index (χ3n) is 31.7. The number of imidazole rings is 1. The Labute approximate surface area is 767 Å². The van der Waals surface area contributed by atoms with E-state index >= 15 is 8.78 Å². The van der Waals surface area contributed by atoms with Crippen LogP contribution in [0.5, 0.6) is 17.2 Å². The first-order valence-corrected chi connectivity index (χ1v) is 44.7. The quantitative estimate of drug-likeness (QED) is 0.0248. The van der Waals surface area contributed by atoms with Crippen LogP contribution in [0.1, 0.15) is 226 Å². The lowest BCUT2D eigenvalue weighted by Gasteiger charge is -2.63. The van der Waals surface area contributed by atoms with Gasteiger partial charge in [-0.3, -0.25) is 38.1 Å². The Kier molecular flexibility index (Phi) is 29.3. The van der Waals surface area contributed by atoms with E-state index in [0.29, 0.717) is 64.2 Å². The molecular weight excluding hydrogens is 1770 g/mol. The summed E-state index contributed by atoms with van der Waals surface area (Å²) in [6.45, 7) is 14.4. The first kappa shape index (κ1) is 103. The summed E-state index contributed by atoms with van der Waals surface area (Å²) in [4.78, 5) is 119. The van der Waals surface area contributed by atoms with Crippen LogP contribution in [-0.2, 0) is 50.8 Å². The van der Waals surface area contributed by atoms with Crippen molar-refractivity contribution in [3.05, 3.63) is 116 Å². The SMILES string of the molecule is CC(C)C(=O)Nc1ccc([N+](C)=O)c(C(F)(F)F)c1.CNC(N)=O.COc1cccc2c1C(=O)c1c(O)c3c(c(O)c1C2=O)C[C@@](O)(C(=O)CO)C[C@@H]3O[C@H]1C[C@H](N)[C@@H](O)[C@H](C)O1.C[C@]1(O)CC[C@H]2[C@@H]3CCC4=CC(=O)CC[C@]4(C)[C@@]3(F)[C@@H](O)C[C@@]21C.C[C@]12CCC(=O)C=C1CC[C@H]1[C@@H]3CC[C@](C)(C(=O)CO)[C@@]3(C)C[C@H](O)[C@@]12F.Nc1nc(F)nc2c1ncn2[C@@H]1O[C@H](CO)[C@@H](O)[C@@H]1O. The number of aliphatic hydroxyl groups is 10. The molecule has 4 heterocycles. The third kappa shape index (κ3) is 17.5. The van der Waals surface area contributed by atoms with Crippen molar-refractivity contribution in [1.82, 2.24) is 24.8 Å². The molecule has 734 valence electrons. The molecule has 12 aliphatic rings. The Morgan fingerprint density at radius 1 is 0.724 bits per heavy atom. The molecule has 17 rings (SSSR count). The number of hydrogen-bond acceptors (Lipinski definition) is 30. The molecule has 5 aromatic rings. The van der Waals surface area contributed by atoms with E-state index in [-0.39, 0.29) is 115 Å². The van der Waals surface area contributed by atoms with Gasteiger partial charge in [0, 0.05) is 123 Å². The molecule has 8 fully saturated rings. The number of ketones is 6. The van der Waals surface area contributed by atoms with Crippen LogP contribution >= 0.6 is 0 Å². The second-order valence-corrected chi connectivity index (χ2v) is 39.1. The minimum Gasteiger partial charge on any atom is -0.507 e. The number of urea groups is 1. The van der Waals surface area contributed by atoms with Gasteiger partial charge in [-0.2, -0.15) is 27.5 Å². The highest BCUT2D eigenvalue weighted by atomic mass is 19.4. The van der Waals surface area contributed by atoms with Crippen LogP contribution < -0.4 is 32.6 Å². The molecule has 10 aliphatic carbocycles. The molecule has 3 aromatic carbocycles. The minimum absolute atomic E-state index is 0.00223. The van der Waals surface area contributed by atoms with Crippen molar-refractivity contribution in [2.24, 2.45) is 68.1 Å². The number of allylic oxidation sites excluding steroid dienone is 2. The van der Waals surface area contributed by atoms with Gasteiger partial charge in [0.2, 0.25) is 11.7 Å². The molecule has 0 unspecified atom stereocenters. The molecule has 35 nitrogen and oxygen atoms in total. The number of hydrogen-bond donors (Lipinski definition) is 17. The maximum absolute atomic E-state index is 16.9. The van der Waals surface area contributed by atoms with Crippen molar-refractivity contribution >= 4 is 75.0 Å². The average molecular weight is 1890 g/mol. The summed E-state index contributed by atoms with van der Waals surface area (Å²) in [6, 6.07) is 6.19. The lowest BCUT2D eigenvalue weighted by atomic mass is 9.43. The lowest BCUT2D eigenvalue weighted by molar-refractivity contribution is -0.430. The van der Waals surface area contributed by atoms with Gasteiger partial charge in [-0.15, -0.1) is 0 Å². The Balaban J connectivity index is 0.000000153. The van der Waals surface area contributed by atoms with Gasteiger partial charge in [0.05, 0.1) is 72.9 Å². The van der Waals surface area contributed by atoms with Crippen molar-refractivity contribution < 1.29 is 150 Å². The standard InChI is InChI=1S/C27H29NO11.C22H31FO4.C20H29FO3.C12H13F3N2O2.C10H12FN5O4.C2H6N2O/c1-10-22(31)13(28)6-17(38-10)39-15-8-27(36,16(30)9-29)7-12-19(15)26(35)21-20(24(12)33)23(32)11-4-3-5-14(37-2)18(11)25(21)34;1-19-8-6-14(25)10-13(19)4-5-16-15-7-9-20(2,18(27)12-24)21(15,3)11-17(26)22(16,19)23;1-17-8-6-13(22)10-12(17)4-5-15-14-7-9-19(3,24)18(14,2)11-16(23)20(15,17)21;1-7(2)11(18)16-8-4-5-10(17(3)19)9(6-8)12(13,14)15;11-10-14-7(12)4-8(15-10)16(2-13-4)9-6(19)5(18)3(1-17)20-9;1-4-2(3)5/h3-5,10,13,15,17,22,29,31,33,35-36H,6-9,28H2,1-2H3;10,15-17,24,26H,4-9,11-12H2,1-3H3;10,14-16,23-24H,4-9,11H2,1-3H3;4-7H,1-3H3;2-3,5-6,9,17-19H,1H2,(H2,12,14,15);1H3,(H3,3,4,5)/p+1/t10-,13-,15-,17-,22-,27-;15-,16-,17-,19-,20+,21-,22-;14-,15-,16-,17-,18-,19-,20-;;3-,5-,6+,9-;/m000.1./s1. The Bertz CT molecular complexity index is 5510. The summed E-state index contributed by atoms with van der Waals surface area (Å²) >= 11 is 0. The Morgan fingerprint density at radius 2 is 1.28 bits per heavy atom. The summed E-state index contributed by atoms with van der Waals surface area (Å²) in [5.74, 6) is -5.18. The largest absolute Gasteiger partial charge is 0.507 e. The van der Waals surface area contributed by atoms with E-state index in [0.717, 1.165) is 49.6 Å². The fourth-order valence-corrected chi connectivity index (χ4v) is 23.6. The van der Waals surface area contributed by atoms with Gasteiger partial charge in [0.15, 0.2) is 65.5 Å². The number of nitrogens with two attached hydrogens (primary N) is 3. The number of alkyl halides is 5. The molecule has 134 heavy (non-hydrogen) atoms. The molecule has 41 heteroatoms. The van der Waals surface area contributed by atoms with E-state index < -0.39 is 225 Å². The number of nitrogens with one attached hydrogen (secondary N) is 2. The number of ether oxygens (including phenoxy) is 4. The zero-order chi connectivity index (χ0) is 99.3. The molecule has 0 spiro atoms. The zero-order valence-electron chi connectivity index (χ0n) is 76.5. The number of methoxy groups -OCH3 is 1. The summed E-state index contributed by atoms with van der Waals surface area (Å²) in [6.07, 6.45) is -5.46. The van der Waals surface area contributed by atoms with Crippen LogP contribution in [0.4, 0.5) is 48.3 Å². The molecule has 0 radical (unpaired) electrons. The number of nitrogens with zero attached hydrogens (tertiary/aromatic N) is 5. The van der Waals surface area contributed by atoms with E-state index in [4.69, 9.17) is 35.5 Å². The maximum Gasteiger partial charge on any atom is 0.423 e. The second-order valence-electron chi connectivity index (χ2n) is 39.1. The average Bonchev–Trinajstić information content (AvgIpc) is 1.35. The second kappa shape index (κ2) is 38.0. The van der Waals surface area contributed by atoms with Gasteiger partial charge in [-0.1, -0.05) is 71.7 Å². The van der Waals surface area contributed by atoms with Gasteiger partial charge >= 0.3 is 18.3 Å². The highest BCUT2D eigenvalue weighted by molar-refractivity contribution is 6.31. The maximum atomic E-state index is 16.9. The number of rotatable bonds is 12. The first-order valence-electron chi connectivity index (χ1n) is 44.7. The van der Waals surface area contributed by atoms with Crippen molar-refractivity contribution in [1.29, 1.82) is 0 Å². The third-order valence-corrected chi connectivity index (χ3v) is 31.7. The number of phenols is 2. The monoisotopic (exact) mass is 1890 g/mol. The Morgan fingerprint density at radius 3 is 1.81 bits per heavy atom. The van der Waals surface area contributed by atoms with Gasteiger partial charge < -0.3 is 108 Å². The molecule has 2 aliphatic heterocycles. The first-order chi connectivity index (χ1) is 62.5. The van der Waals surface area contributed by atoms with Crippen molar-refractivity contribution in [3.63, 3.8) is 0 Å². The number of fused-ring (bicyclic) bond motifs is 14. The van der Waals surface area contributed by atoms with Crippen molar-refractivity contribution in [2.45, 2.75) is 268 Å². The predicted octanol–water partition coefficient (Wildman–Crippen LogP) is 7.27. The number of primary amides is 1. The number of nitrogen functional groups attached to an aromatic ring is 1. The normalized spacial score (nSPS) is 35.7. The number of benzene rings is 3. The number of Topliss-reactive ketones (excluding diaryl/α,β-unsaturated/α-hetero) is 2. The number of anilines is 2. The highest BCUT2D eigenvalue weighted by Crippen LogP contribution is 2.74. The van der Waals surface area contributed by atoms with Crippen LogP contribution in [0, 0.1) is 67.6 Å². The highest BCUT2D eigenvalue weighted by Gasteiger charge is 2.75.